The summed E-state index contributed by atoms with van der Waals surface area (Å²) in [7, 11) is 0. The van der Waals surface area contributed by atoms with Crippen molar-refractivity contribution < 1.29 is 13.6 Å². The minimum atomic E-state index is -0.469. The molecule has 4 aromatic rings. The first-order valence-electron chi connectivity index (χ1n) is 11.5. The van der Waals surface area contributed by atoms with Crippen LogP contribution in [-0.4, -0.2) is 44.9 Å². The minimum absolute atomic E-state index is 0.106. The van der Waals surface area contributed by atoms with Crippen molar-refractivity contribution >= 4 is 23.0 Å². The molecule has 0 spiro atoms. The molecular formula is C26H26FN5O2. The monoisotopic (exact) mass is 459 g/mol. The molecule has 3 heterocycles. The Morgan fingerprint density at radius 2 is 1.97 bits per heavy atom. The van der Waals surface area contributed by atoms with Crippen LogP contribution in [0.1, 0.15) is 35.7 Å². The van der Waals surface area contributed by atoms with Gasteiger partial charge >= 0.3 is 0 Å². The lowest BCUT2D eigenvalue weighted by atomic mass is 9.89. The maximum atomic E-state index is 15.2. The number of benzene rings is 2. The van der Waals surface area contributed by atoms with Gasteiger partial charge in [0, 0.05) is 25.5 Å². The molecule has 1 fully saturated rings. The number of para-hydroxylation sites is 2. The van der Waals surface area contributed by atoms with Gasteiger partial charge in [0.2, 0.25) is 0 Å². The molecule has 1 saturated heterocycles. The molecule has 0 radical (unpaired) electrons. The van der Waals surface area contributed by atoms with Gasteiger partial charge in [-0.15, -0.1) is 0 Å². The van der Waals surface area contributed by atoms with Crippen molar-refractivity contribution in [2.24, 2.45) is 5.92 Å². The maximum Gasteiger partial charge on any atom is 0.295 e. The van der Waals surface area contributed by atoms with Crippen molar-refractivity contribution in [1.82, 2.24) is 19.9 Å². The van der Waals surface area contributed by atoms with Crippen LogP contribution in [0.3, 0.4) is 0 Å². The summed E-state index contributed by atoms with van der Waals surface area (Å²) in [4.78, 5) is 28.5. The number of amides is 1. The van der Waals surface area contributed by atoms with E-state index < -0.39 is 5.82 Å². The number of oxazole rings is 1. The van der Waals surface area contributed by atoms with E-state index in [4.69, 9.17) is 4.42 Å². The number of halogens is 1. The Kier molecular flexibility index (Phi) is 5.96. The van der Waals surface area contributed by atoms with Crippen LogP contribution >= 0.6 is 0 Å². The SMILES string of the molecule is Cc1ccc(C(=O)N2CCC[C@@H](C)[C@H]2CNc2nc3ccccc3o2)c(-c2ncccn2)c1F. The van der Waals surface area contributed by atoms with E-state index in [1.54, 1.807) is 37.5 Å². The van der Waals surface area contributed by atoms with Crippen LogP contribution in [0.5, 0.6) is 0 Å². The normalized spacial score (nSPS) is 18.3. The van der Waals surface area contributed by atoms with E-state index in [1.807, 2.05) is 29.2 Å². The molecule has 174 valence electrons. The van der Waals surface area contributed by atoms with Gasteiger partial charge in [0.1, 0.15) is 11.3 Å². The molecule has 2 atom stereocenters. The van der Waals surface area contributed by atoms with Gasteiger partial charge in [-0.05, 0) is 55.5 Å². The molecule has 2 aromatic carbocycles. The van der Waals surface area contributed by atoms with Crippen LogP contribution in [0.2, 0.25) is 0 Å². The second-order valence-corrected chi connectivity index (χ2v) is 8.74. The highest BCUT2D eigenvalue weighted by atomic mass is 19.1. The molecule has 1 amide bonds. The zero-order valence-electron chi connectivity index (χ0n) is 19.2. The number of fused-ring (bicyclic) bond motifs is 1. The topological polar surface area (TPSA) is 84.2 Å². The van der Waals surface area contributed by atoms with Gasteiger partial charge < -0.3 is 14.6 Å². The number of carbonyl (C=O) groups excluding carboxylic acids is 1. The zero-order chi connectivity index (χ0) is 23.7. The fourth-order valence-electron chi connectivity index (χ4n) is 4.61. The Hall–Kier alpha value is -3.81. The van der Waals surface area contributed by atoms with Gasteiger partial charge in [-0.3, -0.25) is 4.79 Å². The Labute approximate surface area is 197 Å². The molecule has 5 rings (SSSR count). The number of anilines is 1. The third kappa shape index (κ3) is 4.11. The number of carbonyl (C=O) groups is 1. The second-order valence-electron chi connectivity index (χ2n) is 8.74. The number of hydrogen-bond donors (Lipinski definition) is 1. The van der Waals surface area contributed by atoms with Crippen molar-refractivity contribution in [2.45, 2.75) is 32.7 Å². The molecule has 2 aromatic heterocycles. The quantitative estimate of drug-likeness (QED) is 0.448. The highest BCUT2D eigenvalue weighted by molar-refractivity contribution is 6.00. The summed E-state index contributed by atoms with van der Waals surface area (Å²) in [6, 6.07) is 12.9. The lowest BCUT2D eigenvalue weighted by Gasteiger charge is -2.40. The molecule has 0 bridgehead atoms. The van der Waals surface area contributed by atoms with E-state index in [0.717, 1.165) is 18.4 Å². The van der Waals surface area contributed by atoms with Gasteiger partial charge in [0.05, 0.1) is 17.2 Å². The van der Waals surface area contributed by atoms with Crippen molar-refractivity contribution in [3.05, 3.63) is 71.8 Å². The summed E-state index contributed by atoms with van der Waals surface area (Å²) in [6.45, 7) is 4.87. The zero-order valence-corrected chi connectivity index (χ0v) is 19.2. The van der Waals surface area contributed by atoms with Gasteiger partial charge in [-0.25, -0.2) is 14.4 Å². The van der Waals surface area contributed by atoms with Crippen molar-refractivity contribution in [3.63, 3.8) is 0 Å². The minimum Gasteiger partial charge on any atom is -0.424 e. The highest BCUT2D eigenvalue weighted by Crippen LogP contribution is 2.31. The van der Waals surface area contributed by atoms with Crippen LogP contribution in [0, 0.1) is 18.7 Å². The van der Waals surface area contributed by atoms with Gasteiger partial charge in [0.15, 0.2) is 11.4 Å². The van der Waals surface area contributed by atoms with E-state index >= 15 is 4.39 Å². The molecule has 0 saturated carbocycles. The molecular weight excluding hydrogens is 433 g/mol. The number of hydrogen-bond acceptors (Lipinski definition) is 6. The lowest BCUT2D eigenvalue weighted by Crippen LogP contribution is -2.51. The van der Waals surface area contributed by atoms with Crippen LogP contribution in [-0.2, 0) is 0 Å². The molecule has 8 heteroatoms. The summed E-state index contributed by atoms with van der Waals surface area (Å²) in [5.74, 6) is -0.236. The van der Waals surface area contributed by atoms with Crippen molar-refractivity contribution in [3.8, 4) is 11.4 Å². The van der Waals surface area contributed by atoms with E-state index in [0.29, 0.717) is 30.3 Å². The average molecular weight is 460 g/mol. The maximum absolute atomic E-state index is 15.2. The third-order valence-corrected chi connectivity index (χ3v) is 6.49. The molecule has 34 heavy (non-hydrogen) atoms. The van der Waals surface area contributed by atoms with Gasteiger partial charge in [0.25, 0.3) is 11.9 Å². The summed E-state index contributed by atoms with van der Waals surface area (Å²) in [5.41, 5.74) is 2.35. The van der Waals surface area contributed by atoms with E-state index in [9.17, 15) is 4.79 Å². The summed E-state index contributed by atoms with van der Waals surface area (Å²) in [5, 5.41) is 3.27. The fraction of sp³-hybridized carbons (Fsp3) is 0.308. The number of nitrogens with zero attached hydrogens (tertiary/aromatic N) is 4. The smallest absolute Gasteiger partial charge is 0.295 e. The second kappa shape index (κ2) is 9.21. The summed E-state index contributed by atoms with van der Waals surface area (Å²) >= 11 is 0. The van der Waals surface area contributed by atoms with E-state index in [2.05, 4.69) is 27.2 Å². The van der Waals surface area contributed by atoms with Crippen LogP contribution in [0.25, 0.3) is 22.5 Å². The van der Waals surface area contributed by atoms with Gasteiger partial charge in [-0.2, -0.15) is 4.98 Å². The molecule has 7 nitrogen and oxygen atoms in total. The lowest BCUT2D eigenvalue weighted by molar-refractivity contribution is 0.0539. The summed E-state index contributed by atoms with van der Waals surface area (Å²) in [6.07, 6.45) is 4.99. The van der Waals surface area contributed by atoms with Crippen molar-refractivity contribution in [1.29, 1.82) is 0 Å². The van der Waals surface area contributed by atoms with Crippen LogP contribution in [0.15, 0.2) is 59.3 Å². The predicted molar refractivity (Wildman–Crippen MR) is 128 cm³/mol. The van der Waals surface area contributed by atoms with E-state index in [-0.39, 0.29) is 34.8 Å². The number of likely N-dealkylation sites (tertiary alicyclic amines) is 1. The standard InChI is InChI=1S/C26H26FN5O2/c1-16-7-5-14-32(20(16)15-30-26-31-19-8-3-4-9-21(19)34-26)25(33)18-11-10-17(2)23(27)22(18)24-28-12-6-13-29-24/h3-4,6,8-13,16,20H,5,7,14-15H2,1-2H3,(H,30,31)/t16-,20-/m1/s1. The first kappa shape index (κ1) is 22.0. The molecule has 1 aliphatic heterocycles. The summed E-state index contributed by atoms with van der Waals surface area (Å²) < 4.78 is 21.0. The first-order valence-corrected chi connectivity index (χ1v) is 11.5. The number of aryl methyl sites for hydroxylation is 1. The Balaban J connectivity index is 1.44. The fourth-order valence-corrected chi connectivity index (χ4v) is 4.61. The van der Waals surface area contributed by atoms with Crippen LogP contribution in [0.4, 0.5) is 10.4 Å². The Bertz CT molecular complexity index is 1290. The number of nitrogens with one attached hydrogen (secondary N) is 1. The van der Waals surface area contributed by atoms with Gasteiger partial charge in [-0.1, -0.05) is 25.1 Å². The van der Waals surface area contributed by atoms with Crippen molar-refractivity contribution in [2.75, 3.05) is 18.4 Å². The number of rotatable bonds is 5. The molecule has 0 unspecified atom stereocenters. The Morgan fingerprint density at radius 3 is 2.76 bits per heavy atom. The van der Waals surface area contributed by atoms with Crippen LogP contribution < -0.4 is 5.32 Å². The average Bonchev–Trinajstić information content (AvgIpc) is 3.28. The molecule has 1 N–H and O–H groups in total. The highest BCUT2D eigenvalue weighted by Gasteiger charge is 2.34. The molecule has 0 aliphatic carbocycles. The molecule has 1 aliphatic rings. The largest absolute Gasteiger partial charge is 0.424 e. The number of aromatic nitrogens is 3. The third-order valence-electron chi connectivity index (χ3n) is 6.49. The van der Waals surface area contributed by atoms with E-state index in [1.165, 1.54) is 0 Å². The number of piperidine rings is 1. The predicted octanol–water partition coefficient (Wildman–Crippen LogP) is 5.09. The first-order chi connectivity index (χ1) is 16.5. The Morgan fingerprint density at radius 1 is 1.18 bits per heavy atom.